The SMILES string of the molecule is CCC(CC)n1c(=O)nc(N(C)C)[nH]c1=O. The predicted octanol–water partition coefficient (Wildman–Crippen LogP) is 0.359. The number of nitrogens with zero attached hydrogens (tertiary/aromatic N) is 3. The molecule has 6 heteroatoms. The van der Waals surface area contributed by atoms with Crippen molar-refractivity contribution in [3.63, 3.8) is 0 Å². The summed E-state index contributed by atoms with van der Waals surface area (Å²) in [5.41, 5.74) is -0.876. The van der Waals surface area contributed by atoms with E-state index in [9.17, 15) is 9.59 Å². The van der Waals surface area contributed by atoms with Gasteiger partial charge >= 0.3 is 11.4 Å². The summed E-state index contributed by atoms with van der Waals surface area (Å²) in [6.07, 6.45) is 1.48. The molecule has 1 aromatic heterocycles. The molecule has 0 aromatic carbocycles. The van der Waals surface area contributed by atoms with Crippen molar-refractivity contribution in [2.24, 2.45) is 0 Å². The minimum Gasteiger partial charge on any atom is -0.348 e. The Hall–Kier alpha value is -1.59. The molecule has 1 heterocycles. The Balaban J connectivity index is 3.33. The molecule has 1 rings (SSSR count). The Bertz CT molecular complexity index is 425. The summed E-state index contributed by atoms with van der Waals surface area (Å²) in [5, 5.41) is 0. The smallest absolute Gasteiger partial charge is 0.348 e. The van der Waals surface area contributed by atoms with Crippen molar-refractivity contribution in [3.05, 3.63) is 21.0 Å². The highest BCUT2D eigenvalue weighted by molar-refractivity contribution is 5.23. The second-order valence-electron chi connectivity index (χ2n) is 3.88. The average Bonchev–Trinajstić information content (AvgIpc) is 2.22. The zero-order valence-corrected chi connectivity index (χ0v) is 10.1. The van der Waals surface area contributed by atoms with Crippen LogP contribution in [0.25, 0.3) is 0 Å². The van der Waals surface area contributed by atoms with Crippen molar-refractivity contribution >= 4 is 5.95 Å². The van der Waals surface area contributed by atoms with Crippen molar-refractivity contribution in [2.45, 2.75) is 32.7 Å². The first-order chi connectivity index (χ1) is 7.51. The van der Waals surface area contributed by atoms with Gasteiger partial charge in [0.2, 0.25) is 5.95 Å². The molecule has 0 saturated carbocycles. The van der Waals surface area contributed by atoms with E-state index >= 15 is 0 Å². The number of H-pyrrole nitrogens is 1. The molecule has 16 heavy (non-hydrogen) atoms. The van der Waals surface area contributed by atoms with E-state index in [1.54, 1.807) is 19.0 Å². The number of hydrogen-bond donors (Lipinski definition) is 1. The van der Waals surface area contributed by atoms with E-state index in [0.717, 1.165) is 12.8 Å². The molecule has 0 bridgehead atoms. The molecule has 0 fully saturated rings. The van der Waals surface area contributed by atoms with E-state index in [1.807, 2.05) is 13.8 Å². The van der Waals surface area contributed by atoms with Crippen molar-refractivity contribution in [1.82, 2.24) is 14.5 Å². The van der Waals surface area contributed by atoms with Crippen molar-refractivity contribution in [1.29, 1.82) is 0 Å². The van der Waals surface area contributed by atoms with Gasteiger partial charge in [0.25, 0.3) is 0 Å². The zero-order valence-electron chi connectivity index (χ0n) is 10.1. The Morgan fingerprint density at radius 2 is 1.88 bits per heavy atom. The van der Waals surface area contributed by atoms with E-state index in [1.165, 1.54) is 4.57 Å². The van der Waals surface area contributed by atoms with Gasteiger partial charge < -0.3 is 4.90 Å². The molecule has 0 unspecified atom stereocenters. The number of rotatable bonds is 4. The third-order valence-corrected chi connectivity index (χ3v) is 2.58. The van der Waals surface area contributed by atoms with Gasteiger partial charge in [-0.05, 0) is 12.8 Å². The van der Waals surface area contributed by atoms with Crippen LogP contribution in [0.2, 0.25) is 0 Å². The number of aromatic nitrogens is 3. The van der Waals surface area contributed by atoms with E-state index in [2.05, 4.69) is 9.97 Å². The van der Waals surface area contributed by atoms with Gasteiger partial charge in [-0.25, -0.2) is 14.2 Å². The fraction of sp³-hybridized carbons (Fsp3) is 0.700. The third kappa shape index (κ3) is 2.32. The largest absolute Gasteiger partial charge is 0.355 e. The first kappa shape index (κ1) is 12.5. The van der Waals surface area contributed by atoms with E-state index in [4.69, 9.17) is 0 Å². The molecule has 1 aromatic rings. The van der Waals surface area contributed by atoms with E-state index in [0.29, 0.717) is 0 Å². The van der Waals surface area contributed by atoms with Crippen LogP contribution in [0.3, 0.4) is 0 Å². The van der Waals surface area contributed by atoms with Crippen molar-refractivity contribution in [3.8, 4) is 0 Å². The number of hydrogen-bond acceptors (Lipinski definition) is 4. The first-order valence-electron chi connectivity index (χ1n) is 5.41. The summed E-state index contributed by atoms with van der Waals surface area (Å²) in [6.45, 7) is 3.89. The quantitative estimate of drug-likeness (QED) is 0.804. The van der Waals surface area contributed by atoms with Gasteiger partial charge in [0.1, 0.15) is 0 Å². The monoisotopic (exact) mass is 226 g/mol. The van der Waals surface area contributed by atoms with E-state index in [-0.39, 0.29) is 12.0 Å². The highest BCUT2D eigenvalue weighted by atomic mass is 16.2. The van der Waals surface area contributed by atoms with Crippen LogP contribution >= 0.6 is 0 Å². The Labute approximate surface area is 93.9 Å². The van der Waals surface area contributed by atoms with Crippen LogP contribution in [0, 0.1) is 0 Å². The molecule has 0 spiro atoms. The molecule has 1 N–H and O–H groups in total. The van der Waals surface area contributed by atoms with Gasteiger partial charge in [0.05, 0.1) is 0 Å². The molecule has 0 aliphatic carbocycles. The minimum absolute atomic E-state index is 0.0834. The van der Waals surface area contributed by atoms with Crippen LogP contribution in [0.1, 0.15) is 32.7 Å². The molecule has 0 saturated heterocycles. The maximum atomic E-state index is 11.8. The molecule has 0 aliphatic heterocycles. The summed E-state index contributed by atoms with van der Waals surface area (Å²) >= 11 is 0. The zero-order chi connectivity index (χ0) is 12.3. The second-order valence-corrected chi connectivity index (χ2v) is 3.88. The van der Waals surface area contributed by atoms with Gasteiger partial charge in [-0.2, -0.15) is 4.98 Å². The third-order valence-electron chi connectivity index (χ3n) is 2.58. The van der Waals surface area contributed by atoms with Gasteiger partial charge in [0.15, 0.2) is 0 Å². The molecule has 90 valence electrons. The molecule has 6 nitrogen and oxygen atoms in total. The maximum absolute atomic E-state index is 11.8. The molecule has 0 aliphatic rings. The van der Waals surface area contributed by atoms with Crippen LogP contribution in [0.4, 0.5) is 5.95 Å². The lowest BCUT2D eigenvalue weighted by Crippen LogP contribution is -2.41. The normalized spacial score (nSPS) is 10.8. The fourth-order valence-corrected chi connectivity index (χ4v) is 1.60. The van der Waals surface area contributed by atoms with Gasteiger partial charge in [-0.15, -0.1) is 0 Å². The minimum atomic E-state index is -0.485. The highest BCUT2D eigenvalue weighted by Gasteiger charge is 2.14. The summed E-state index contributed by atoms with van der Waals surface area (Å²) in [7, 11) is 3.44. The summed E-state index contributed by atoms with van der Waals surface area (Å²) in [4.78, 5) is 31.5. The predicted molar refractivity (Wildman–Crippen MR) is 63.1 cm³/mol. The van der Waals surface area contributed by atoms with Gasteiger partial charge in [0, 0.05) is 20.1 Å². The van der Waals surface area contributed by atoms with Crippen LogP contribution in [-0.2, 0) is 0 Å². The Morgan fingerprint density at radius 1 is 1.31 bits per heavy atom. The standard InChI is InChI=1S/C10H18N4O2/c1-5-7(6-2)14-9(15)11-8(13(3)4)12-10(14)16/h7H,5-6H2,1-4H3,(H,11,12,15,16). The second kappa shape index (κ2) is 4.96. The lowest BCUT2D eigenvalue weighted by molar-refractivity contribution is 0.429. The highest BCUT2D eigenvalue weighted by Crippen LogP contribution is 2.09. The van der Waals surface area contributed by atoms with Gasteiger partial charge in [-0.3, -0.25) is 4.98 Å². The Morgan fingerprint density at radius 3 is 2.25 bits per heavy atom. The average molecular weight is 226 g/mol. The van der Waals surface area contributed by atoms with Crippen LogP contribution in [0.15, 0.2) is 9.59 Å². The van der Waals surface area contributed by atoms with Crippen LogP contribution in [-0.4, -0.2) is 28.6 Å². The maximum Gasteiger partial charge on any atom is 0.355 e. The topological polar surface area (TPSA) is 71.0 Å². The molecular formula is C10H18N4O2. The number of aromatic amines is 1. The van der Waals surface area contributed by atoms with Crippen molar-refractivity contribution in [2.75, 3.05) is 19.0 Å². The molecule has 0 atom stereocenters. The summed E-state index contributed by atoms with van der Waals surface area (Å²) < 4.78 is 1.19. The molecule has 0 amide bonds. The van der Waals surface area contributed by atoms with Gasteiger partial charge in [-0.1, -0.05) is 13.8 Å². The lowest BCUT2D eigenvalue weighted by atomic mass is 10.2. The summed E-state index contributed by atoms with van der Waals surface area (Å²) in [6, 6.07) is -0.0834. The van der Waals surface area contributed by atoms with Crippen LogP contribution in [0.5, 0.6) is 0 Å². The van der Waals surface area contributed by atoms with Crippen molar-refractivity contribution < 1.29 is 0 Å². The Kier molecular flexibility index (Phi) is 3.87. The molecule has 0 radical (unpaired) electrons. The van der Waals surface area contributed by atoms with Crippen LogP contribution < -0.4 is 16.3 Å². The number of nitrogens with one attached hydrogen (secondary N) is 1. The fourth-order valence-electron chi connectivity index (χ4n) is 1.60. The number of anilines is 1. The molecular weight excluding hydrogens is 208 g/mol. The lowest BCUT2D eigenvalue weighted by Gasteiger charge is -2.16. The summed E-state index contributed by atoms with van der Waals surface area (Å²) in [5.74, 6) is 0.289. The first-order valence-corrected chi connectivity index (χ1v) is 5.41. The van der Waals surface area contributed by atoms with E-state index < -0.39 is 11.4 Å².